The molecule has 0 saturated carbocycles. The number of hydrogen-bond acceptors (Lipinski definition) is 7. The Morgan fingerprint density at radius 1 is 0.909 bits per heavy atom. The van der Waals surface area contributed by atoms with E-state index in [1.807, 2.05) is 13.2 Å². The van der Waals surface area contributed by atoms with Gasteiger partial charge in [-0.15, -0.1) is 0 Å². The molecular formula is C22H43N5O5S. The van der Waals surface area contributed by atoms with Crippen molar-refractivity contribution in [3.63, 3.8) is 0 Å². The number of aliphatic carboxylic acids is 1. The fourth-order valence-corrected chi connectivity index (χ4v) is 3.61. The number of carbonyl (C=O) groups is 4. The van der Waals surface area contributed by atoms with Gasteiger partial charge < -0.3 is 32.5 Å². The van der Waals surface area contributed by atoms with Gasteiger partial charge in [-0.05, 0) is 49.7 Å². The molecule has 0 bridgehead atoms. The van der Waals surface area contributed by atoms with Gasteiger partial charge in [-0.25, -0.2) is 4.79 Å². The van der Waals surface area contributed by atoms with Crippen LogP contribution in [0.4, 0.5) is 0 Å². The van der Waals surface area contributed by atoms with E-state index in [9.17, 15) is 24.3 Å². The quantitative estimate of drug-likeness (QED) is 0.159. The van der Waals surface area contributed by atoms with Gasteiger partial charge in [0.2, 0.25) is 17.7 Å². The Labute approximate surface area is 201 Å². The molecule has 0 rings (SSSR count). The summed E-state index contributed by atoms with van der Waals surface area (Å²) in [5.41, 5.74) is 11.4. The first kappa shape index (κ1) is 31.1. The second-order valence-corrected chi connectivity index (χ2v) is 9.66. The average Bonchev–Trinajstić information content (AvgIpc) is 2.76. The molecule has 33 heavy (non-hydrogen) atoms. The van der Waals surface area contributed by atoms with Crippen LogP contribution in [0.5, 0.6) is 0 Å². The van der Waals surface area contributed by atoms with Gasteiger partial charge in [0.05, 0.1) is 6.04 Å². The molecule has 5 unspecified atom stereocenters. The normalized spacial score (nSPS) is 15.8. The second kappa shape index (κ2) is 16.7. The van der Waals surface area contributed by atoms with Crippen LogP contribution in [-0.4, -0.2) is 71.5 Å². The SMILES string of the molecule is CCC(C)C(NC(=O)C(NC(=O)C(N)CCCCN)C(C)C)C(=O)NC(CCSC)C(=O)O. The van der Waals surface area contributed by atoms with Gasteiger partial charge >= 0.3 is 5.97 Å². The summed E-state index contributed by atoms with van der Waals surface area (Å²) in [4.78, 5) is 50.0. The lowest BCUT2D eigenvalue weighted by molar-refractivity contribution is -0.142. The number of thioether (sulfide) groups is 1. The van der Waals surface area contributed by atoms with E-state index >= 15 is 0 Å². The van der Waals surface area contributed by atoms with Crippen molar-refractivity contribution in [2.45, 2.75) is 84.0 Å². The van der Waals surface area contributed by atoms with Crippen LogP contribution in [0.25, 0.3) is 0 Å². The van der Waals surface area contributed by atoms with E-state index in [0.29, 0.717) is 31.6 Å². The number of nitrogens with one attached hydrogen (secondary N) is 3. The number of carboxylic acid groups (broad SMARTS) is 1. The maximum atomic E-state index is 13.0. The molecule has 10 nitrogen and oxygen atoms in total. The van der Waals surface area contributed by atoms with E-state index in [1.165, 1.54) is 11.8 Å². The van der Waals surface area contributed by atoms with Crippen LogP contribution in [0.15, 0.2) is 0 Å². The fourth-order valence-electron chi connectivity index (χ4n) is 3.13. The van der Waals surface area contributed by atoms with E-state index in [-0.39, 0.29) is 18.3 Å². The highest BCUT2D eigenvalue weighted by Gasteiger charge is 2.33. The molecule has 11 heteroatoms. The van der Waals surface area contributed by atoms with E-state index in [2.05, 4.69) is 16.0 Å². The summed E-state index contributed by atoms with van der Waals surface area (Å²) in [7, 11) is 0. The third-order valence-corrected chi connectivity index (χ3v) is 6.22. The molecule has 192 valence electrons. The summed E-state index contributed by atoms with van der Waals surface area (Å²) in [6, 6.07) is -3.62. The highest BCUT2D eigenvalue weighted by atomic mass is 32.2. The Balaban J connectivity index is 5.35. The minimum atomic E-state index is -1.12. The van der Waals surface area contributed by atoms with Crippen LogP contribution in [0.1, 0.15) is 59.8 Å². The second-order valence-electron chi connectivity index (χ2n) is 8.67. The predicted octanol–water partition coefficient (Wildman–Crippen LogP) is 0.437. The molecule has 0 saturated heterocycles. The first-order valence-corrected chi connectivity index (χ1v) is 13.0. The number of carbonyl (C=O) groups excluding carboxylic acids is 3. The molecule has 5 atom stereocenters. The molecule has 0 aliphatic carbocycles. The van der Waals surface area contributed by atoms with Crippen molar-refractivity contribution in [1.82, 2.24) is 16.0 Å². The van der Waals surface area contributed by atoms with Crippen LogP contribution < -0.4 is 27.4 Å². The molecule has 8 N–H and O–H groups in total. The van der Waals surface area contributed by atoms with Gasteiger partial charge in [-0.2, -0.15) is 11.8 Å². The Kier molecular flexibility index (Phi) is 15.8. The third-order valence-electron chi connectivity index (χ3n) is 5.57. The van der Waals surface area contributed by atoms with E-state index in [0.717, 1.165) is 6.42 Å². The summed E-state index contributed by atoms with van der Waals surface area (Å²) in [6.07, 6.45) is 4.64. The van der Waals surface area contributed by atoms with Crippen LogP contribution in [0.2, 0.25) is 0 Å². The zero-order valence-corrected chi connectivity index (χ0v) is 21.4. The summed E-state index contributed by atoms with van der Waals surface area (Å²) in [5.74, 6) is -2.55. The molecule has 0 aromatic heterocycles. The largest absolute Gasteiger partial charge is 0.480 e. The average molecular weight is 490 g/mol. The first-order chi connectivity index (χ1) is 15.5. The van der Waals surface area contributed by atoms with Crippen molar-refractivity contribution in [3.8, 4) is 0 Å². The van der Waals surface area contributed by atoms with E-state index in [1.54, 1.807) is 20.8 Å². The number of carboxylic acids is 1. The molecule has 0 fully saturated rings. The van der Waals surface area contributed by atoms with Crippen LogP contribution in [-0.2, 0) is 19.2 Å². The minimum absolute atomic E-state index is 0.244. The van der Waals surface area contributed by atoms with Crippen molar-refractivity contribution in [3.05, 3.63) is 0 Å². The molecule has 0 heterocycles. The molecular weight excluding hydrogens is 446 g/mol. The maximum Gasteiger partial charge on any atom is 0.326 e. The molecule has 0 spiro atoms. The first-order valence-electron chi connectivity index (χ1n) is 11.6. The molecule has 0 aromatic carbocycles. The van der Waals surface area contributed by atoms with Crippen molar-refractivity contribution in [2.24, 2.45) is 23.3 Å². The maximum absolute atomic E-state index is 13.0. The Morgan fingerprint density at radius 2 is 1.48 bits per heavy atom. The van der Waals surface area contributed by atoms with Crippen LogP contribution in [0.3, 0.4) is 0 Å². The molecule has 0 aromatic rings. The summed E-state index contributed by atoms with van der Waals surface area (Å²) >= 11 is 1.48. The van der Waals surface area contributed by atoms with Gasteiger partial charge in [0.25, 0.3) is 0 Å². The van der Waals surface area contributed by atoms with Gasteiger partial charge in [-0.1, -0.05) is 40.5 Å². The highest BCUT2D eigenvalue weighted by molar-refractivity contribution is 7.98. The number of unbranched alkanes of at least 4 members (excludes halogenated alkanes) is 1. The summed E-state index contributed by atoms with van der Waals surface area (Å²) < 4.78 is 0. The highest BCUT2D eigenvalue weighted by Crippen LogP contribution is 2.12. The fraction of sp³-hybridized carbons (Fsp3) is 0.818. The minimum Gasteiger partial charge on any atom is -0.480 e. The zero-order chi connectivity index (χ0) is 25.6. The Morgan fingerprint density at radius 3 is 1.97 bits per heavy atom. The topological polar surface area (TPSA) is 177 Å². The van der Waals surface area contributed by atoms with Crippen molar-refractivity contribution >= 4 is 35.5 Å². The van der Waals surface area contributed by atoms with Crippen molar-refractivity contribution < 1.29 is 24.3 Å². The van der Waals surface area contributed by atoms with Crippen LogP contribution in [0, 0.1) is 11.8 Å². The number of hydrogen-bond donors (Lipinski definition) is 6. The van der Waals surface area contributed by atoms with Crippen LogP contribution >= 0.6 is 11.8 Å². The Hall–Kier alpha value is -1.85. The van der Waals surface area contributed by atoms with Gasteiger partial charge in [0, 0.05) is 0 Å². The lowest BCUT2D eigenvalue weighted by Crippen LogP contribution is -2.59. The number of nitrogens with two attached hydrogens (primary N) is 2. The number of amides is 3. The number of rotatable bonds is 17. The molecule has 0 radical (unpaired) electrons. The zero-order valence-electron chi connectivity index (χ0n) is 20.6. The Bertz CT molecular complexity index is 634. The lowest BCUT2D eigenvalue weighted by atomic mass is 9.96. The summed E-state index contributed by atoms with van der Waals surface area (Å²) in [6.45, 7) is 7.77. The van der Waals surface area contributed by atoms with Crippen molar-refractivity contribution in [1.29, 1.82) is 0 Å². The molecule has 0 aliphatic heterocycles. The standard InChI is InChI=1S/C22H43N5O5S/c1-6-14(4)18(21(30)25-16(22(31)32)10-12-33-5)27-20(29)17(13(2)3)26-19(28)15(24)9-7-8-11-23/h13-18H,6-12,23-24H2,1-5H3,(H,25,30)(H,26,28)(H,27,29)(H,31,32). The lowest BCUT2D eigenvalue weighted by Gasteiger charge is -2.29. The van der Waals surface area contributed by atoms with E-state index < -0.39 is 47.9 Å². The summed E-state index contributed by atoms with van der Waals surface area (Å²) in [5, 5.41) is 17.4. The van der Waals surface area contributed by atoms with Crippen molar-refractivity contribution in [2.75, 3.05) is 18.6 Å². The predicted molar refractivity (Wildman–Crippen MR) is 132 cm³/mol. The molecule has 0 aliphatic rings. The van der Waals surface area contributed by atoms with E-state index in [4.69, 9.17) is 11.5 Å². The van der Waals surface area contributed by atoms with Gasteiger partial charge in [0.15, 0.2) is 0 Å². The smallest absolute Gasteiger partial charge is 0.326 e. The van der Waals surface area contributed by atoms with Gasteiger partial charge in [0.1, 0.15) is 18.1 Å². The molecule has 3 amide bonds. The van der Waals surface area contributed by atoms with Gasteiger partial charge in [-0.3, -0.25) is 14.4 Å². The monoisotopic (exact) mass is 489 g/mol. The third kappa shape index (κ3) is 11.7.